The summed E-state index contributed by atoms with van der Waals surface area (Å²) in [7, 11) is 0. The largest absolute Gasteiger partial charge is 0.454 e. The van der Waals surface area contributed by atoms with E-state index in [1.807, 2.05) is 24.3 Å². The van der Waals surface area contributed by atoms with E-state index in [-0.39, 0.29) is 18.6 Å². The molecule has 194 valence electrons. The molecule has 0 saturated carbocycles. The molecule has 1 aromatic heterocycles. The van der Waals surface area contributed by atoms with Crippen molar-refractivity contribution in [1.29, 1.82) is 0 Å². The molecule has 2 aromatic rings. The lowest BCUT2D eigenvalue weighted by molar-refractivity contribution is -0.122. The Balaban J connectivity index is 1.09. The minimum Gasteiger partial charge on any atom is -0.454 e. The summed E-state index contributed by atoms with van der Waals surface area (Å²) < 4.78 is 11.3. The van der Waals surface area contributed by atoms with Gasteiger partial charge in [-0.15, -0.1) is 11.3 Å². The van der Waals surface area contributed by atoms with Gasteiger partial charge in [0.2, 0.25) is 12.7 Å². The summed E-state index contributed by atoms with van der Waals surface area (Å²) in [5, 5.41) is 3.49. The van der Waals surface area contributed by atoms with Crippen molar-refractivity contribution in [2.75, 3.05) is 18.7 Å². The maximum atomic E-state index is 12.9. The molecule has 0 radical (unpaired) electrons. The Morgan fingerprint density at radius 3 is 2.78 bits per heavy atom. The molecule has 3 aliphatic rings. The van der Waals surface area contributed by atoms with Gasteiger partial charge < -0.3 is 20.5 Å². The number of benzene rings is 1. The zero-order valence-electron chi connectivity index (χ0n) is 20.2. The van der Waals surface area contributed by atoms with Crippen LogP contribution in [0.1, 0.15) is 64.9 Å². The second kappa shape index (κ2) is 11.2. The molecule has 5 rings (SSSR count). The summed E-state index contributed by atoms with van der Waals surface area (Å²) in [5.74, 6) is 0.647. The summed E-state index contributed by atoms with van der Waals surface area (Å²) in [5.41, 5.74) is 7.95. The van der Waals surface area contributed by atoms with Crippen LogP contribution in [0.4, 0.5) is 5.00 Å². The highest BCUT2D eigenvalue weighted by atomic mass is 32.2. The van der Waals surface area contributed by atoms with E-state index < -0.39 is 5.91 Å². The van der Waals surface area contributed by atoms with E-state index >= 15 is 0 Å². The second-order valence-corrected chi connectivity index (χ2v) is 11.9. The minimum atomic E-state index is -0.481. The first kappa shape index (κ1) is 25.7. The van der Waals surface area contributed by atoms with Gasteiger partial charge in [0, 0.05) is 17.8 Å². The van der Waals surface area contributed by atoms with E-state index in [4.69, 9.17) is 27.4 Å². The van der Waals surface area contributed by atoms with Gasteiger partial charge in [-0.1, -0.05) is 36.5 Å². The van der Waals surface area contributed by atoms with E-state index in [9.17, 15) is 14.4 Å². The number of aryl methyl sites for hydroxylation is 1. The van der Waals surface area contributed by atoms with Crippen LogP contribution in [0.5, 0.6) is 11.5 Å². The molecule has 3 heterocycles. The van der Waals surface area contributed by atoms with Gasteiger partial charge in [0.1, 0.15) is 9.32 Å². The number of thiocarbonyl (C=S) groups is 1. The molecule has 8 nitrogen and oxygen atoms in total. The van der Waals surface area contributed by atoms with Crippen LogP contribution in [0.3, 0.4) is 0 Å². The van der Waals surface area contributed by atoms with E-state index in [0.29, 0.717) is 50.7 Å². The molecule has 1 fully saturated rings. The Hall–Kier alpha value is -2.89. The highest BCUT2D eigenvalue weighted by molar-refractivity contribution is 8.26. The summed E-state index contributed by atoms with van der Waals surface area (Å²) >= 11 is 8.20. The number of hydrogen-bond acceptors (Lipinski definition) is 8. The SMILES string of the molecule is NC(=O)c1c(NC(=O)CCCCCN2C(=O)C(=Cc3ccc4c(c3)OCO4)SC2=S)sc2c1CCCC2. The predicted molar refractivity (Wildman–Crippen MR) is 149 cm³/mol. The van der Waals surface area contributed by atoms with Crippen molar-refractivity contribution >= 4 is 68.4 Å². The summed E-state index contributed by atoms with van der Waals surface area (Å²) in [6.45, 7) is 0.709. The molecule has 1 saturated heterocycles. The predicted octanol–water partition coefficient (Wildman–Crippen LogP) is 4.85. The van der Waals surface area contributed by atoms with Crippen LogP contribution in [0.15, 0.2) is 23.1 Å². The van der Waals surface area contributed by atoms with E-state index in [1.165, 1.54) is 23.1 Å². The summed E-state index contributed by atoms with van der Waals surface area (Å²) in [6.07, 6.45) is 8.22. The number of carbonyl (C=O) groups is 3. The maximum absolute atomic E-state index is 12.9. The molecule has 0 atom stereocenters. The van der Waals surface area contributed by atoms with Crippen LogP contribution >= 0.6 is 35.3 Å². The third-order valence-electron chi connectivity index (χ3n) is 6.52. The van der Waals surface area contributed by atoms with Crippen molar-refractivity contribution in [3.8, 4) is 11.5 Å². The van der Waals surface area contributed by atoms with Gasteiger partial charge in [0.25, 0.3) is 11.8 Å². The molecular formula is C26H27N3O5S3. The Morgan fingerprint density at radius 1 is 1.14 bits per heavy atom. The topological polar surface area (TPSA) is 111 Å². The van der Waals surface area contributed by atoms with Gasteiger partial charge in [-0.2, -0.15) is 0 Å². The monoisotopic (exact) mass is 557 g/mol. The Morgan fingerprint density at radius 2 is 1.95 bits per heavy atom. The lowest BCUT2D eigenvalue weighted by Crippen LogP contribution is -2.29. The maximum Gasteiger partial charge on any atom is 0.266 e. The standard InChI is InChI=1S/C26H27N3O5S3/c27-23(31)22-16-6-3-4-7-19(16)36-24(22)28-21(30)8-2-1-5-11-29-25(32)20(37-26(29)35)13-15-9-10-17-18(12-15)34-14-33-17/h9-10,12-13H,1-8,11,14H2,(H2,27,31)(H,28,30). The molecule has 1 aromatic carbocycles. The first-order chi connectivity index (χ1) is 17.9. The number of thiophene rings is 1. The highest BCUT2D eigenvalue weighted by Crippen LogP contribution is 2.38. The zero-order chi connectivity index (χ0) is 25.9. The average molecular weight is 558 g/mol. The molecule has 2 aliphatic heterocycles. The number of nitrogens with two attached hydrogens (primary N) is 1. The minimum absolute atomic E-state index is 0.106. The number of nitrogens with one attached hydrogen (secondary N) is 1. The number of hydrogen-bond donors (Lipinski definition) is 2. The average Bonchev–Trinajstić information content (AvgIpc) is 3.55. The third-order valence-corrected chi connectivity index (χ3v) is 9.11. The van der Waals surface area contributed by atoms with Gasteiger partial charge in [0.05, 0.1) is 10.5 Å². The van der Waals surface area contributed by atoms with Crippen molar-refractivity contribution < 1.29 is 23.9 Å². The molecule has 0 unspecified atom stereocenters. The summed E-state index contributed by atoms with van der Waals surface area (Å²) in [4.78, 5) is 40.8. The molecule has 3 N–H and O–H groups in total. The van der Waals surface area contributed by atoms with Crippen molar-refractivity contribution in [3.05, 3.63) is 44.7 Å². The van der Waals surface area contributed by atoms with Gasteiger partial charge in [-0.25, -0.2) is 0 Å². The normalized spacial score (nSPS) is 17.4. The Labute approximate surface area is 228 Å². The number of ether oxygens (including phenoxy) is 2. The van der Waals surface area contributed by atoms with E-state index in [0.717, 1.165) is 54.5 Å². The van der Waals surface area contributed by atoms with Crippen LogP contribution < -0.4 is 20.5 Å². The second-order valence-electron chi connectivity index (χ2n) is 9.08. The van der Waals surface area contributed by atoms with Gasteiger partial charge in [0.15, 0.2) is 11.5 Å². The lowest BCUT2D eigenvalue weighted by Gasteiger charge is -2.14. The molecule has 11 heteroatoms. The third kappa shape index (κ3) is 5.68. The van der Waals surface area contributed by atoms with Crippen molar-refractivity contribution in [3.63, 3.8) is 0 Å². The Bertz CT molecular complexity index is 1300. The number of thioether (sulfide) groups is 1. The fourth-order valence-corrected chi connectivity index (χ4v) is 7.30. The number of fused-ring (bicyclic) bond motifs is 2. The molecule has 3 amide bonds. The number of nitrogens with zero attached hydrogens (tertiary/aromatic N) is 1. The van der Waals surface area contributed by atoms with Crippen molar-refractivity contribution in [1.82, 2.24) is 4.90 Å². The number of amides is 3. The number of anilines is 1. The molecule has 1 aliphatic carbocycles. The zero-order valence-corrected chi connectivity index (χ0v) is 22.6. The van der Waals surface area contributed by atoms with Crippen LogP contribution in [-0.2, 0) is 22.4 Å². The van der Waals surface area contributed by atoms with Crippen LogP contribution in [0.25, 0.3) is 6.08 Å². The first-order valence-electron chi connectivity index (χ1n) is 12.3. The van der Waals surface area contributed by atoms with Crippen LogP contribution in [-0.4, -0.2) is 40.3 Å². The number of carbonyl (C=O) groups excluding carboxylic acids is 3. The number of rotatable bonds is 9. The summed E-state index contributed by atoms with van der Waals surface area (Å²) in [6, 6.07) is 5.55. The van der Waals surface area contributed by atoms with E-state index in [2.05, 4.69) is 5.32 Å². The van der Waals surface area contributed by atoms with Crippen molar-refractivity contribution in [2.24, 2.45) is 5.73 Å². The Kier molecular flexibility index (Phi) is 7.82. The van der Waals surface area contributed by atoms with Crippen LogP contribution in [0.2, 0.25) is 0 Å². The van der Waals surface area contributed by atoms with Gasteiger partial charge >= 0.3 is 0 Å². The molecular weight excluding hydrogens is 531 g/mol. The molecule has 37 heavy (non-hydrogen) atoms. The highest BCUT2D eigenvalue weighted by Gasteiger charge is 2.31. The smallest absolute Gasteiger partial charge is 0.266 e. The van der Waals surface area contributed by atoms with Crippen molar-refractivity contribution in [2.45, 2.75) is 51.4 Å². The van der Waals surface area contributed by atoms with Gasteiger partial charge in [-0.05, 0) is 67.9 Å². The number of primary amides is 1. The fourth-order valence-electron chi connectivity index (χ4n) is 4.68. The molecule has 0 bridgehead atoms. The van der Waals surface area contributed by atoms with Gasteiger partial charge in [-0.3, -0.25) is 19.3 Å². The fraction of sp³-hybridized carbons (Fsp3) is 0.385. The van der Waals surface area contributed by atoms with Crippen LogP contribution in [0, 0.1) is 0 Å². The molecule has 0 spiro atoms. The quantitative estimate of drug-likeness (QED) is 0.257. The van der Waals surface area contributed by atoms with E-state index in [1.54, 1.807) is 4.90 Å². The lowest BCUT2D eigenvalue weighted by atomic mass is 9.95. The first-order valence-corrected chi connectivity index (χ1v) is 14.3. The number of unbranched alkanes of at least 4 members (excludes halogenated alkanes) is 2.